The van der Waals surface area contributed by atoms with Gasteiger partial charge in [-0.1, -0.05) is 42.5 Å². The molecule has 4 aromatic rings. The molecule has 0 atom stereocenters. The molecule has 35 heavy (non-hydrogen) atoms. The second-order valence-corrected chi connectivity index (χ2v) is 8.86. The first kappa shape index (κ1) is 23.1. The summed E-state index contributed by atoms with van der Waals surface area (Å²) in [6, 6.07) is 22.7. The highest BCUT2D eigenvalue weighted by molar-refractivity contribution is 5.94. The third-order valence-electron chi connectivity index (χ3n) is 6.07. The van der Waals surface area contributed by atoms with Gasteiger partial charge in [0, 0.05) is 36.8 Å². The van der Waals surface area contributed by atoms with E-state index in [1.54, 1.807) is 0 Å². The summed E-state index contributed by atoms with van der Waals surface area (Å²) in [5, 5.41) is 4.45. The SMILES string of the molecule is CN(C)CCOc1cccc(-c2cccc3cnc(Nc4ccccc4N4CCOCC4)nc23)c1. The maximum Gasteiger partial charge on any atom is 0.227 e. The maximum atomic E-state index is 5.96. The Balaban J connectivity index is 1.44. The van der Waals surface area contributed by atoms with E-state index in [1.807, 2.05) is 50.6 Å². The van der Waals surface area contributed by atoms with E-state index in [4.69, 9.17) is 14.5 Å². The van der Waals surface area contributed by atoms with Crippen LogP contribution in [0, 0.1) is 0 Å². The molecule has 0 aliphatic carbocycles. The van der Waals surface area contributed by atoms with E-state index >= 15 is 0 Å². The van der Waals surface area contributed by atoms with Crippen LogP contribution in [-0.4, -0.2) is 68.4 Å². The lowest BCUT2D eigenvalue weighted by Crippen LogP contribution is -2.36. The Labute approximate surface area is 206 Å². The normalized spacial score (nSPS) is 13.9. The van der Waals surface area contributed by atoms with Gasteiger partial charge in [0.25, 0.3) is 0 Å². The second-order valence-electron chi connectivity index (χ2n) is 8.86. The Morgan fingerprint density at radius 3 is 2.69 bits per heavy atom. The van der Waals surface area contributed by atoms with Crippen molar-refractivity contribution in [2.45, 2.75) is 0 Å². The van der Waals surface area contributed by atoms with E-state index in [0.717, 1.165) is 72.0 Å². The first-order chi connectivity index (χ1) is 17.2. The number of rotatable bonds is 8. The Hall–Kier alpha value is -3.68. The molecule has 1 aliphatic heterocycles. The lowest BCUT2D eigenvalue weighted by atomic mass is 10.0. The smallest absolute Gasteiger partial charge is 0.227 e. The summed E-state index contributed by atoms with van der Waals surface area (Å²) in [5.41, 5.74) is 5.14. The van der Waals surface area contributed by atoms with Crippen LogP contribution in [-0.2, 0) is 4.74 Å². The van der Waals surface area contributed by atoms with E-state index in [9.17, 15) is 0 Å². The van der Waals surface area contributed by atoms with Crippen LogP contribution in [0.2, 0.25) is 0 Å². The van der Waals surface area contributed by atoms with Crippen LogP contribution in [0.25, 0.3) is 22.0 Å². The Kier molecular flexibility index (Phi) is 7.07. The molecule has 7 heteroatoms. The number of hydrogen-bond acceptors (Lipinski definition) is 7. The topological polar surface area (TPSA) is 62.8 Å². The van der Waals surface area contributed by atoms with Crippen molar-refractivity contribution in [2.24, 2.45) is 0 Å². The van der Waals surface area contributed by atoms with Gasteiger partial charge in [0.05, 0.1) is 30.1 Å². The molecule has 0 saturated carbocycles. The minimum absolute atomic E-state index is 0.573. The van der Waals surface area contributed by atoms with Crippen LogP contribution in [0.5, 0.6) is 5.75 Å². The number of aromatic nitrogens is 2. The van der Waals surface area contributed by atoms with Crippen molar-refractivity contribution in [3.05, 3.63) is 72.9 Å². The van der Waals surface area contributed by atoms with Crippen molar-refractivity contribution in [2.75, 3.05) is 63.8 Å². The Morgan fingerprint density at radius 2 is 1.83 bits per heavy atom. The summed E-state index contributed by atoms with van der Waals surface area (Å²) in [7, 11) is 4.08. The number of hydrogen-bond donors (Lipinski definition) is 1. The van der Waals surface area contributed by atoms with Crippen LogP contribution >= 0.6 is 0 Å². The van der Waals surface area contributed by atoms with Crippen molar-refractivity contribution in [1.82, 2.24) is 14.9 Å². The van der Waals surface area contributed by atoms with E-state index in [-0.39, 0.29) is 0 Å². The molecule has 0 spiro atoms. The maximum absolute atomic E-state index is 5.96. The zero-order chi connectivity index (χ0) is 24.0. The second kappa shape index (κ2) is 10.7. The fourth-order valence-electron chi connectivity index (χ4n) is 4.23. The first-order valence-electron chi connectivity index (χ1n) is 12.0. The highest BCUT2D eigenvalue weighted by Crippen LogP contribution is 2.32. The van der Waals surface area contributed by atoms with Gasteiger partial charge in [-0.05, 0) is 43.9 Å². The van der Waals surface area contributed by atoms with Crippen molar-refractivity contribution in [3.8, 4) is 16.9 Å². The molecule has 180 valence electrons. The van der Waals surface area contributed by atoms with Gasteiger partial charge >= 0.3 is 0 Å². The van der Waals surface area contributed by atoms with Gasteiger partial charge < -0.3 is 24.6 Å². The third kappa shape index (κ3) is 5.53. The standard InChI is InChI=1S/C28H31N5O2/c1-32(2)13-18-35-23-9-5-7-21(19-23)24-10-6-8-22-20-29-28(31-27(22)24)30-25-11-3-4-12-26(25)33-14-16-34-17-15-33/h3-12,19-20H,13-18H2,1-2H3,(H,29,30,31). The van der Waals surface area contributed by atoms with Gasteiger partial charge in [0.1, 0.15) is 12.4 Å². The monoisotopic (exact) mass is 469 g/mol. The zero-order valence-electron chi connectivity index (χ0n) is 20.3. The lowest BCUT2D eigenvalue weighted by molar-refractivity contribution is 0.123. The summed E-state index contributed by atoms with van der Waals surface area (Å²) in [6.07, 6.45) is 1.88. The number of nitrogens with one attached hydrogen (secondary N) is 1. The lowest BCUT2D eigenvalue weighted by Gasteiger charge is -2.30. The van der Waals surface area contributed by atoms with Crippen LogP contribution < -0.4 is 15.0 Å². The summed E-state index contributed by atoms with van der Waals surface area (Å²) >= 11 is 0. The van der Waals surface area contributed by atoms with Gasteiger partial charge in [0.15, 0.2) is 0 Å². The molecular formula is C28H31N5O2. The highest BCUT2D eigenvalue weighted by Gasteiger charge is 2.15. The van der Waals surface area contributed by atoms with E-state index in [0.29, 0.717) is 12.6 Å². The molecule has 1 aliphatic rings. The average molecular weight is 470 g/mol. The molecule has 7 nitrogen and oxygen atoms in total. The predicted octanol–water partition coefficient (Wildman–Crippen LogP) is 4.82. The average Bonchev–Trinajstić information content (AvgIpc) is 2.89. The number of likely N-dealkylation sites (N-methyl/N-ethyl adjacent to an activating group) is 1. The number of anilines is 3. The molecule has 1 aromatic heterocycles. The van der Waals surface area contributed by atoms with Crippen molar-refractivity contribution in [3.63, 3.8) is 0 Å². The molecule has 0 unspecified atom stereocenters. The minimum atomic E-state index is 0.573. The molecular weight excluding hydrogens is 438 g/mol. The summed E-state index contributed by atoms with van der Waals surface area (Å²) < 4.78 is 11.5. The molecule has 2 heterocycles. The van der Waals surface area contributed by atoms with Gasteiger partial charge in [-0.25, -0.2) is 9.97 Å². The van der Waals surface area contributed by atoms with Crippen molar-refractivity contribution in [1.29, 1.82) is 0 Å². The van der Waals surface area contributed by atoms with Crippen LogP contribution in [0.1, 0.15) is 0 Å². The van der Waals surface area contributed by atoms with E-state index in [2.05, 4.69) is 56.5 Å². The molecule has 3 aromatic carbocycles. The number of morpholine rings is 1. The zero-order valence-corrected chi connectivity index (χ0v) is 20.3. The van der Waals surface area contributed by atoms with E-state index in [1.165, 1.54) is 0 Å². The number of ether oxygens (including phenoxy) is 2. The summed E-state index contributed by atoms with van der Waals surface area (Å²) in [5.74, 6) is 1.43. The molecule has 0 amide bonds. The van der Waals surface area contributed by atoms with Crippen LogP contribution in [0.4, 0.5) is 17.3 Å². The minimum Gasteiger partial charge on any atom is -0.492 e. The molecule has 0 bridgehead atoms. The summed E-state index contributed by atoms with van der Waals surface area (Å²) in [6.45, 7) is 4.73. The van der Waals surface area contributed by atoms with Crippen molar-refractivity contribution >= 4 is 28.2 Å². The molecule has 1 fully saturated rings. The highest BCUT2D eigenvalue weighted by atomic mass is 16.5. The van der Waals surface area contributed by atoms with Crippen LogP contribution in [0.15, 0.2) is 72.9 Å². The van der Waals surface area contributed by atoms with Gasteiger partial charge in [-0.15, -0.1) is 0 Å². The largest absolute Gasteiger partial charge is 0.492 e. The number of para-hydroxylation sites is 3. The fraction of sp³-hybridized carbons (Fsp3) is 0.286. The molecule has 1 N–H and O–H groups in total. The molecule has 1 saturated heterocycles. The Morgan fingerprint density at radius 1 is 1.00 bits per heavy atom. The molecule has 0 radical (unpaired) electrons. The van der Waals surface area contributed by atoms with Gasteiger partial charge in [-0.2, -0.15) is 0 Å². The summed E-state index contributed by atoms with van der Waals surface area (Å²) in [4.78, 5) is 14.0. The number of benzene rings is 3. The van der Waals surface area contributed by atoms with Crippen molar-refractivity contribution < 1.29 is 9.47 Å². The number of fused-ring (bicyclic) bond motifs is 1. The fourth-order valence-corrected chi connectivity index (χ4v) is 4.23. The number of nitrogens with zero attached hydrogens (tertiary/aromatic N) is 4. The molecule has 5 rings (SSSR count). The van der Waals surface area contributed by atoms with Crippen LogP contribution in [0.3, 0.4) is 0 Å². The van der Waals surface area contributed by atoms with Gasteiger partial charge in [0.2, 0.25) is 5.95 Å². The third-order valence-corrected chi connectivity index (χ3v) is 6.07. The van der Waals surface area contributed by atoms with E-state index < -0.39 is 0 Å². The van der Waals surface area contributed by atoms with Gasteiger partial charge in [-0.3, -0.25) is 0 Å². The quantitative estimate of drug-likeness (QED) is 0.397. The Bertz CT molecular complexity index is 1290. The first-order valence-corrected chi connectivity index (χ1v) is 12.0. The predicted molar refractivity (Wildman–Crippen MR) is 142 cm³/mol.